The summed E-state index contributed by atoms with van der Waals surface area (Å²) in [5.74, 6) is 2.27. The average molecular weight is 550 g/mol. The van der Waals surface area contributed by atoms with Gasteiger partial charge >= 0.3 is 0 Å². The van der Waals surface area contributed by atoms with Crippen molar-refractivity contribution < 1.29 is 4.74 Å². The Kier molecular flexibility index (Phi) is 8.80. The molecular weight excluding hydrogens is 529 g/mol. The molecule has 0 saturated carbocycles. The van der Waals surface area contributed by atoms with Gasteiger partial charge in [0, 0.05) is 30.7 Å². The maximum absolute atomic E-state index is 9.25. The Balaban J connectivity index is 0.000000301. The molecule has 0 bridgehead atoms. The molecule has 2 aromatic carbocycles. The number of thioether (sulfide) groups is 1. The fourth-order valence-electron chi connectivity index (χ4n) is 3.10. The van der Waals surface area contributed by atoms with Crippen molar-refractivity contribution in [3.05, 3.63) is 88.2 Å². The highest BCUT2D eigenvalue weighted by atomic mass is 35.5. The van der Waals surface area contributed by atoms with Crippen LogP contribution < -0.4 is 10.1 Å². The fourth-order valence-corrected chi connectivity index (χ4v) is 3.93. The number of benzene rings is 2. The summed E-state index contributed by atoms with van der Waals surface area (Å²) >= 11 is 12.8. The molecular formula is C26H21Cl2N7OS. The van der Waals surface area contributed by atoms with E-state index in [1.54, 1.807) is 36.8 Å². The van der Waals surface area contributed by atoms with Crippen LogP contribution in [0.3, 0.4) is 0 Å². The van der Waals surface area contributed by atoms with E-state index in [1.807, 2.05) is 49.6 Å². The van der Waals surface area contributed by atoms with Gasteiger partial charge in [0.2, 0.25) is 5.95 Å². The van der Waals surface area contributed by atoms with Gasteiger partial charge in [0.1, 0.15) is 11.5 Å². The van der Waals surface area contributed by atoms with Crippen molar-refractivity contribution in [3.63, 3.8) is 0 Å². The molecule has 1 aliphatic rings. The highest BCUT2D eigenvalue weighted by Gasteiger charge is 2.15. The third-order valence-corrected chi connectivity index (χ3v) is 6.35. The first-order valence-corrected chi connectivity index (χ1v) is 13.0. The molecule has 0 spiro atoms. The van der Waals surface area contributed by atoms with Crippen LogP contribution in [-0.2, 0) is 0 Å². The first-order valence-electron chi connectivity index (χ1n) is 11.0. The molecule has 1 N–H and O–H groups in total. The van der Waals surface area contributed by atoms with Crippen molar-refractivity contribution >= 4 is 63.8 Å². The largest absolute Gasteiger partial charge is 0.457 e. The third-order valence-electron chi connectivity index (χ3n) is 4.91. The number of rotatable bonds is 4. The first-order chi connectivity index (χ1) is 17.9. The lowest BCUT2D eigenvalue weighted by atomic mass is 10.2. The number of aromatic nitrogens is 4. The average Bonchev–Trinajstić information content (AvgIpc) is 3.18. The number of fused-ring (bicyclic) bond motifs is 1. The van der Waals surface area contributed by atoms with Crippen molar-refractivity contribution in [3.8, 4) is 17.6 Å². The first kappa shape index (κ1) is 26.2. The third kappa shape index (κ3) is 7.33. The highest BCUT2D eigenvalue weighted by Crippen LogP contribution is 2.26. The zero-order chi connectivity index (χ0) is 26.2. The lowest BCUT2D eigenvalue weighted by Gasteiger charge is -2.06. The van der Waals surface area contributed by atoms with Crippen molar-refractivity contribution in [2.24, 2.45) is 4.99 Å². The number of halogens is 2. The highest BCUT2D eigenvalue weighted by molar-refractivity contribution is 8.13. The van der Waals surface area contributed by atoms with Crippen LogP contribution in [0.15, 0.2) is 77.6 Å². The normalized spacial score (nSPS) is 12.1. The van der Waals surface area contributed by atoms with Gasteiger partial charge in [-0.05, 0) is 67.3 Å². The molecule has 0 amide bonds. The van der Waals surface area contributed by atoms with Gasteiger partial charge in [-0.25, -0.2) is 9.67 Å². The van der Waals surface area contributed by atoms with Crippen LogP contribution in [0.25, 0.3) is 6.20 Å². The second-order valence-electron chi connectivity index (χ2n) is 7.68. The maximum Gasteiger partial charge on any atom is 0.254 e. The Bertz CT molecular complexity index is 1480. The zero-order valence-corrected chi connectivity index (χ0v) is 22.2. The molecule has 0 fully saturated rings. The molecule has 0 radical (unpaired) electrons. The Morgan fingerprint density at radius 3 is 2.41 bits per heavy atom. The number of aryl methyl sites for hydroxylation is 1. The number of allylic oxidation sites excluding steroid dienone is 1. The van der Waals surface area contributed by atoms with Gasteiger partial charge in [0.15, 0.2) is 0 Å². The van der Waals surface area contributed by atoms with E-state index in [0.717, 1.165) is 22.0 Å². The zero-order valence-electron chi connectivity index (χ0n) is 19.9. The maximum atomic E-state index is 9.25. The summed E-state index contributed by atoms with van der Waals surface area (Å²) < 4.78 is 7.27. The second-order valence-corrected chi connectivity index (χ2v) is 9.38. The van der Waals surface area contributed by atoms with E-state index in [9.17, 15) is 5.26 Å². The van der Waals surface area contributed by atoms with Gasteiger partial charge < -0.3 is 10.1 Å². The Labute approximate surface area is 228 Å². The van der Waals surface area contributed by atoms with Crippen LogP contribution in [0.1, 0.15) is 12.0 Å². The Morgan fingerprint density at radius 2 is 1.76 bits per heavy atom. The molecule has 0 aliphatic carbocycles. The molecule has 4 aromatic rings. The molecule has 11 heteroatoms. The number of ether oxygens (including phenoxy) is 1. The van der Waals surface area contributed by atoms with Gasteiger partial charge in [-0.3, -0.25) is 4.98 Å². The second kappa shape index (κ2) is 12.4. The summed E-state index contributed by atoms with van der Waals surface area (Å²) in [4.78, 5) is 12.9. The van der Waals surface area contributed by atoms with Crippen molar-refractivity contribution in [1.82, 2.24) is 19.7 Å². The van der Waals surface area contributed by atoms with Gasteiger partial charge in [-0.2, -0.15) is 10.2 Å². The molecule has 37 heavy (non-hydrogen) atoms. The predicted octanol–water partition coefficient (Wildman–Crippen LogP) is 7.67. The summed E-state index contributed by atoms with van der Waals surface area (Å²) in [7, 11) is 0. The van der Waals surface area contributed by atoms with Gasteiger partial charge in [0.25, 0.3) is 5.95 Å². The smallest absolute Gasteiger partial charge is 0.254 e. The number of nitriles is 1. The fraction of sp³-hybridized carbons (Fsp3) is 0.115. The van der Waals surface area contributed by atoms with Crippen molar-refractivity contribution in [2.45, 2.75) is 13.3 Å². The van der Waals surface area contributed by atoms with E-state index in [-0.39, 0.29) is 0 Å². The summed E-state index contributed by atoms with van der Waals surface area (Å²) in [5.41, 5.74) is 2.52. The number of hydrogen-bond donors (Lipinski definition) is 1. The van der Waals surface area contributed by atoms with Crippen LogP contribution >= 0.6 is 35.0 Å². The molecule has 3 heterocycles. The van der Waals surface area contributed by atoms with E-state index in [1.165, 1.54) is 16.4 Å². The Hall–Kier alpha value is -3.84. The minimum absolute atomic E-state index is 0.400. The van der Waals surface area contributed by atoms with Crippen LogP contribution in [-0.4, -0.2) is 31.0 Å². The monoisotopic (exact) mass is 549 g/mol. The molecule has 2 aromatic heterocycles. The summed E-state index contributed by atoms with van der Waals surface area (Å²) in [6.07, 6.45) is 7.43. The summed E-state index contributed by atoms with van der Waals surface area (Å²) in [6, 6.07) is 18.8. The lowest BCUT2D eigenvalue weighted by molar-refractivity contribution is 0.482. The molecule has 186 valence electrons. The van der Waals surface area contributed by atoms with Crippen LogP contribution in [0.2, 0.25) is 10.0 Å². The van der Waals surface area contributed by atoms with Crippen LogP contribution in [0, 0.1) is 18.3 Å². The molecule has 1 aliphatic heterocycles. The van der Waals surface area contributed by atoms with Crippen LogP contribution in [0.5, 0.6) is 11.5 Å². The number of aliphatic imine (C=N–C) groups is 1. The summed E-state index contributed by atoms with van der Waals surface area (Å²) in [5, 5.41) is 18.8. The number of pyridine rings is 1. The van der Waals surface area contributed by atoms with Crippen molar-refractivity contribution in [2.75, 3.05) is 11.6 Å². The molecule has 5 rings (SSSR count). The van der Waals surface area contributed by atoms with E-state index in [0.29, 0.717) is 39.7 Å². The number of nitrogens with one attached hydrogen (secondary N) is 1. The summed E-state index contributed by atoms with van der Waals surface area (Å²) in [6.45, 7) is 1.97. The van der Waals surface area contributed by atoms with E-state index in [4.69, 9.17) is 27.9 Å². The number of nitrogens with zero attached hydrogens (tertiary/aromatic N) is 6. The van der Waals surface area contributed by atoms with E-state index >= 15 is 0 Å². The molecule has 8 nitrogen and oxygen atoms in total. The number of hydrogen-bond acceptors (Lipinski definition) is 8. The van der Waals surface area contributed by atoms with Crippen LogP contribution in [0.4, 0.5) is 17.6 Å². The van der Waals surface area contributed by atoms with Gasteiger partial charge in [0.05, 0.1) is 26.7 Å². The quantitative estimate of drug-likeness (QED) is 0.278. The molecule has 0 atom stereocenters. The van der Waals surface area contributed by atoms with E-state index < -0.39 is 0 Å². The molecule has 0 unspecified atom stereocenters. The SMILES string of the molecule is CSC1=Nc2nc(Nc3ccc(Oc4ccncc4)cc3)nn2C=C(C#N)C1.Cc1ccc(Cl)c(Cl)c1. The molecule has 0 saturated heterocycles. The van der Waals surface area contributed by atoms with E-state index in [2.05, 4.69) is 31.4 Å². The minimum atomic E-state index is 0.400. The predicted molar refractivity (Wildman–Crippen MR) is 150 cm³/mol. The minimum Gasteiger partial charge on any atom is -0.457 e. The topological polar surface area (TPSA) is 101 Å². The van der Waals surface area contributed by atoms with Gasteiger partial charge in [-0.1, -0.05) is 29.3 Å². The van der Waals surface area contributed by atoms with Crippen molar-refractivity contribution in [1.29, 1.82) is 5.26 Å². The standard InChI is InChI=1S/C19H15N7OS.C7H6Cl2/c1-28-17-10-13(11-20)12-26-19(23-17)24-18(25-26)22-14-2-4-15(5-3-14)27-16-6-8-21-9-7-16;1-5-2-3-6(8)7(9)4-5/h2-9,12H,10H2,1H3,(H,22,25);2-4H,1H3. The Morgan fingerprint density at radius 1 is 1.03 bits per heavy atom. The lowest BCUT2D eigenvalue weighted by Crippen LogP contribution is -1.95. The van der Waals surface area contributed by atoms with Gasteiger partial charge in [-0.15, -0.1) is 16.9 Å². The number of anilines is 2.